The van der Waals surface area contributed by atoms with E-state index in [-0.39, 0.29) is 11.7 Å². The minimum Gasteiger partial charge on any atom is -0.376 e. The Morgan fingerprint density at radius 3 is 2.81 bits per heavy atom. The molecule has 5 rings (SSSR count). The average molecular weight is 437 g/mol. The number of nitrogens with one attached hydrogen (secondary N) is 1. The molecule has 2 fully saturated rings. The number of pyridine rings is 1. The van der Waals surface area contributed by atoms with Gasteiger partial charge in [-0.15, -0.1) is 5.10 Å². The van der Waals surface area contributed by atoms with Crippen molar-refractivity contribution in [3.05, 3.63) is 51.6 Å². The third-order valence-corrected chi connectivity index (χ3v) is 6.96. The quantitative estimate of drug-likeness (QED) is 0.583. The molecular formula is C24H32N6O2. The van der Waals surface area contributed by atoms with Crippen LogP contribution in [0.25, 0.3) is 10.9 Å². The van der Waals surface area contributed by atoms with Gasteiger partial charge in [-0.1, -0.05) is 25.8 Å². The van der Waals surface area contributed by atoms with E-state index in [0.717, 1.165) is 61.0 Å². The molecule has 1 saturated heterocycles. The van der Waals surface area contributed by atoms with Gasteiger partial charge in [-0.25, -0.2) is 4.68 Å². The predicted octanol–water partition coefficient (Wildman–Crippen LogP) is 3.20. The standard InChI is InChI=1S/C24H32N6O2/c1-2-17-9-10-22-18(12-17)13-19(24(31)25-22)14-29(20-6-3-4-7-20)16-23-26-27-28-30(23)15-21-8-5-11-32-21/h9-10,12-13,20-21H,2-8,11,14-16H2,1H3,(H,25,31)/t21-/m0/s1. The first-order chi connectivity index (χ1) is 15.7. The Bertz CT molecular complexity index is 1110. The lowest BCUT2D eigenvalue weighted by Gasteiger charge is -2.28. The van der Waals surface area contributed by atoms with Crippen LogP contribution in [0.5, 0.6) is 0 Å². The molecule has 0 spiro atoms. The number of fused-ring (bicyclic) bond motifs is 1. The molecule has 170 valence electrons. The molecule has 1 aliphatic carbocycles. The molecule has 0 radical (unpaired) electrons. The largest absolute Gasteiger partial charge is 0.376 e. The maximum Gasteiger partial charge on any atom is 0.252 e. The smallest absolute Gasteiger partial charge is 0.252 e. The van der Waals surface area contributed by atoms with Crippen LogP contribution in [0.15, 0.2) is 29.1 Å². The minimum atomic E-state index is -0.0105. The van der Waals surface area contributed by atoms with Crippen molar-refractivity contribution in [1.29, 1.82) is 0 Å². The van der Waals surface area contributed by atoms with Gasteiger partial charge in [-0.2, -0.15) is 0 Å². The van der Waals surface area contributed by atoms with E-state index in [1.54, 1.807) is 0 Å². The van der Waals surface area contributed by atoms with Gasteiger partial charge in [0.2, 0.25) is 0 Å². The molecule has 0 bridgehead atoms. The molecule has 1 saturated carbocycles. The Kier molecular flexibility index (Phi) is 6.32. The van der Waals surface area contributed by atoms with Crippen molar-refractivity contribution in [3.63, 3.8) is 0 Å². The molecule has 3 aromatic rings. The van der Waals surface area contributed by atoms with Crippen LogP contribution in [-0.4, -0.2) is 48.8 Å². The normalized spacial score (nSPS) is 19.5. The summed E-state index contributed by atoms with van der Waals surface area (Å²) in [6, 6.07) is 8.77. The molecule has 0 unspecified atom stereocenters. The lowest BCUT2D eigenvalue weighted by Crippen LogP contribution is -2.35. The number of ether oxygens (including phenoxy) is 1. The number of aromatic amines is 1. The molecule has 2 aliphatic rings. The molecular weight excluding hydrogens is 404 g/mol. The van der Waals surface area contributed by atoms with Crippen LogP contribution in [0.2, 0.25) is 0 Å². The summed E-state index contributed by atoms with van der Waals surface area (Å²) in [4.78, 5) is 18.4. The van der Waals surface area contributed by atoms with Crippen molar-refractivity contribution < 1.29 is 4.74 Å². The SMILES string of the molecule is CCc1ccc2[nH]c(=O)c(CN(Cc3nnnn3C[C@@H]3CCCO3)C3CCCC3)cc2c1. The maximum absolute atomic E-state index is 12.9. The number of aryl methyl sites for hydroxylation is 1. The molecule has 1 atom stereocenters. The van der Waals surface area contributed by atoms with E-state index < -0.39 is 0 Å². The highest BCUT2D eigenvalue weighted by atomic mass is 16.5. The van der Waals surface area contributed by atoms with Gasteiger partial charge in [-0.3, -0.25) is 9.69 Å². The summed E-state index contributed by atoms with van der Waals surface area (Å²) in [7, 11) is 0. The Morgan fingerprint density at radius 2 is 2.03 bits per heavy atom. The van der Waals surface area contributed by atoms with Gasteiger partial charge in [-0.05, 0) is 71.7 Å². The fourth-order valence-electron chi connectivity index (χ4n) is 5.08. The fourth-order valence-corrected chi connectivity index (χ4v) is 5.08. The van der Waals surface area contributed by atoms with E-state index in [9.17, 15) is 4.79 Å². The van der Waals surface area contributed by atoms with E-state index in [1.165, 1.54) is 18.4 Å². The zero-order chi connectivity index (χ0) is 21.9. The third-order valence-electron chi connectivity index (χ3n) is 6.96. The average Bonchev–Trinajstić information content (AvgIpc) is 3.58. The van der Waals surface area contributed by atoms with Crippen LogP contribution in [0.3, 0.4) is 0 Å². The monoisotopic (exact) mass is 436 g/mol. The Morgan fingerprint density at radius 1 is 1.16 bits per heavy atom. The van der Waals surface area contributed by atoms with E-state index in [0.29, 0.717) is 25.7 Å². The Hall–Kier alpha value is -2.58. The summed E-state index contributed by atoms with van der Waals surface area (Å²) in [6.07, 6.45) is 8.09. The zero-order valence-electron chi connectivity index (χ0n) is 18.8. The second kappa shape index (κ2) is 9.50. The number of hydrogen-bond acceptors (Lipinski definition) is 6. The lowest BCUT2D eigenvalue weighted by atomic mass is 10.1. The summed E-state index contributed by atoms with van der Waals surface area (Å²) < 4.78 is 7.67. The molecule has 0 amide bonds. The van der Waals surface area contributed by atoms with Crippen molar-refractivity contribution in [2.75, 3.05) is 6.61 Å². The second-order valence-corrected chi connectivity index (χ2v) is 9.15. The van der Waals surface area contributed by atoms with Gasteiger partial charge in [0.1, 0.15) is 0 Å². The van der Waals surface area contributed by atoms with Crippen LogP contribution in [0, 0.1) is 0 Å². The van der Waals surface area contributed by atoms with Gasteiger partial charge in [0, 0.05) is 30.3 Å². The second-order valence-electron chi connectivity index (χ2n) is 9.15. The number of hydrogen-bond donors (Lipinski definition) is 1. The van der Waals surface area contributed by atoms with Gasteiger partial charge >= 0.3 is 0 Å². The van der Waals surface area contributed by atoms with Crippen LogP contribution >= 0.6 is 0 Å². The molecule has 1 aliphatic heterocycles. The van der Waals surface area contributed by atoms with Crippen LogP contribution in [0.4, 0.5) is 0 Å². The topological polar surface area (TPSA) is 88.9 Å². The number of benzene rings is 1. The van der Waals surface area contributed by atoms with Gasteiger partial charge in [0.25, 0.3) is 5.56 Å². The fraction of sp³-hybridized carbons (Fsp3) is 0.583. The van der Waals surface area contributed by atoms with E-state index in [2.05, 4.69) is 50.5 Å². The van der Waals surface area contributed by atoms with Crippen molar-refractivity contribution >= 4 is 10.9 Å². The van der Waals surface area contributed by atoms with E-state index in [1.807, 2.05) is 10.7 Å². The number of aromatic nitrogens is 5. The van der Waals surface area contributed by atoms with Crippen LogP contribution < -0.4 is 5.56 Å². The highest BCUT2D eigenvalue weighted by Crippen LogP contribution is 2.26. The Balaban J connectivity index is 1.40. The highest BCUT2D eigenvalue weighted by Gasteiger charge is 2.26. The van der Waals surface area contributed by atoms with Crippen LogP contribution in [0.1, 0.15) is 62.4 Å². The van der Waals surface area contributed by atoms with Gasteiger partial charge in [0.05, 0.1) is 19.2 Å². The molecule has 32 heavy (non-hydrogen) atoms. The molecule has 1 aromatic carbocycles. The van der Waals surface area contributed by atoms with E-state index >= 15 is 0 Å². The third kappa shape index (κ3) is 4.61. The number of H-pyrrole nitrogens is 1. The first-order valence-corrected chi connectivity index (χ1v) is 11.9. The van der Waals surface area contributed by atoms with Crippen molar-refractivity contribution in [2.24, 2.45) is 0 Å². The van der Waals surface area contributed by atoms with Crippen molar-refractivity contribution in [1.82, 2.24) is 30.1 Å². The summed E-state index contributed by atoms with van der Waals surface area (Å²) in [5.74, 6) is 0.845. The molecule has 2 aromatic heterocycles. The first kappa shape index (κ1) is 21.3. The summed E-state index contributed by atoms with van der Waals surface area (Å²) in [5, 5.41) is 13.6. The first-order valence-electron chi connectivity index (χ1n) is 11.9. The molecule has 8 heteroatoms. The lowest BCUT2D eigenvalue weighted by molar-refractivity contribution is 0.0906. The predicted molar refractivity (Wildman–Crippen MR) is 122 cm³/mol. The number of tetrazole rings is 1. The van der Waals surface area contributed by atoms with Gasteiger partial charge in [0.15, 0.2) is 5.82 Å². The van der Waals surface area contributed by atoms with Gasteiger partial charge < -0.3 is 9.72 Å². The van der Waals surface area contributed by atoms with Crippen molar-refractivity contribution in [2.45, 2.75) is 83.6 Å². The van der Waals surface area contributed by atoms with Crippen molar-refractivity contribution in [3.8, 4) is 0 Å². The summed E-state index contributed by atoms with van der Waals surface area (Å²) in [5.41, 5.74) is 2.96. The molecule has 3 heterocycles. The van der Waals surface area contributed by atoms with E-state index in [4.69, 9.17) is 4.74 Å². The summed E-state index contributed by atoms with van der Waals surface area (Å²) in [6.45, 7) is 4.89. The molecule has 1 N–H and O–H groups in total. The number of nitrogens with zero attached hydrogens (tertiary/aromatic N) is 5. The highest BCUT2D eigenvalue weighted by molar-refractivity contribution is 5.79. The number of rotatable bonds is 8. The maximum atomic E-state index is 12.9. The summed E-state index contributed by atoms with van der Waals surface area (Å²) >= 11 is 0. The minimum absolute atomic E-state index is 0.0105. The zero-order valence-corrected chi connectivity index (χ0v) is 18.8. The molecule has 8 nitrogen and oxygen atoms in total. The van der Waals surface area contributed by atoms with Crippen LogP contribution in [-0.2, 0) is 30.8 Å². The Labute approximate surface area is 188 Å².